The van der Waals surface area contributed by atoms with Gasteiger partial charge < -0.3 is 14.2 Å². The molecule has 0 aromatic carbocycles. The highest BCUT2D eigenvalue weighted by atomic mass is 16.6. The molecule has 0 rings (SSSR count). The van der Waals surface area contributed by atoms with E-state index in [-0.39, 0.29) is 31.1 Å². The quantitative estimate of drug-likeness (QED) is 0.0261. The fourth-order valence-electron chi connectivity index (χ4n) is 10.2. The third-order valence-corrected chi connectivity index (χ3v) is 15.6. The van der Waals surface area contributed by atoms with E-state index in [1.54, 1.807) is 0 Å². The Morgan fingerprint density at radius 3 is 0.783 bits per heavy atom. The third kappa shape index (κ3) is 69.0. The van der Waals surface area contributed by atoms with Crippen LogP contribution in [0.2, 0.25) is 0 Å². The minimum absolute atomic E-state index is 0.0824. The van der Waals surface area contributed by atoms with Crippen molar-refractivity contribution in [1.29, 1.82) is 0 Å². The molecular formula is C77H134O6. The van der Waals surface area contributed by atoms with Crippen LogP contribution in [0.15, 0.2) is 97.2 Å². The summed E-state index contributed by atoms with van der Waals surface area (Å²) in [5, 5.41) is 0. The van der Waals surface area contributed by atoms with Gasteiger partial charge in [-0.25, -0.2) is 0 Å². The van der Waals surface area contributed by atoms with Gasteiger partial charge in [0.05, 0.1) is 0 Å². The van der Waals surface area contributed by atoms with Gasteiger partial charge in [-0.05, 0) is 96.3 Å². The first-order chi connectivity index (χ1) is 41.0. The van der Waals surface area contributed by atoms with E-state index in [0.717, 1.165) is 116 Å². The number of carbonyl (C=O) groups is 3. The molecule has 6 heteroatoms. The Bertz CT molecular complexity index is 1610. The topological polar surface area (TPSA) is 78.9 Å². The molecule has 0 spiro atoms. The molecule has 0 amide bonds. The predicted octanol–water partition coefficient (Wildman–Crippen LogP) is 24.8. The van der Waals surface area contributed by atoms with Gasteiger partial charge in [0.25, 0.3) is 0 Å². The SMILES string of the molecule is CC/C=C\C/C=C\C/C=C\C/C=C\C/C=C\C/C=C\C/C=C\CCCCCCCCCC(=O)OCC(COC(=O)CCCCCCC/C=C\CCCC)OC(=O)CCCCCCCCCCCCCCCCCCCCCCCCCCC. The molecule has 0 N–H and O–H groups in total. The van der Waals surface area contributed by atoms with E-state index in [4.69, 9.17) is 14.2 Å². The van der Waals surface area contributed by atoms with Crippen LogP contribution in [0.25, 0.3) is 0 Å². The lowest BCUT2D eigenvalue weighted by molar-refractivity contribution is -0.167. The Labute approximate surface area is 515 Å². The van der Waals surface area contributed by atoms with Crippen LogP contribution < -0.4 is 0 Å². The normalized spacial score (nSPS) is 12.7. The van der Waals surface area contributed by atoms with E-state index < -0.39 is 6.10 Å². The highest BCUT2D eigenvalue weighted by Crippen LogP contribution is 2.18. The molecule has 1 atom stereocenters. The summed E-state index contributed by atoms with van der Waals surface area (Å²) in [4.78, 5) is 38.4. The number of hydrogen-bond acceptors (Lipinski definition) is 6. The molecule has 0 aromatic heterocycles. The van der Waals surface area contributed by atoms with Crippen molar-refractivity contribution in [3.63, 3.8) is 0 Å². The molecule has 0 aliphatic heterocycles. The average molecular weight is 1160 g/mol. The first-order valence-corrected chi connectivity index (χ1v) is 35.7. The molecule has 0 radical (unpaired) electrons. The Kier molecular flexibility index (Phi) is 67.7. The molecule has 478 valence electrons. The molecule has 0 bridgehead atoms. The summed E-state index contributed by atoms with van der Waals surface area (Å²) in [6, 6.07) is 0. The van der Waals surface area contributed by atoms with Gasteiger partial charge in [-0.2, -0.15) is 0 Å². The zero-order valence-electron chi connectivity index (χ0n) is 54.9. The van der Waals surface area contributed by atoms with Crippen LogP contribution in [-0.4, -0.2) is 37.2 Å². The van der Waals surface area contributed by atoms with E-state index in [0.29, 0.717) is 19.3 Å². The monoisotopic (exact) mass is 1160 g/mol. The maximum Gasteiger partial charge on any atom is 0.306 e. The van der Waals surface area contributed by atoms with Gasteiger partial charge in [0.2, 0.25) is 0 Å². The zero-order chi connectivity index (χ0) is 59.9. The first kappa shape index (κ1) is 79.3. The Morgan fingerprint density at radius 2 is 0.482 bits per heavy atom. The number of esters is 3. The van der Waals surface area contributed by atoms with Crippen molar-refractivity contribution in [3.8, 4) is 0 Å². The van der Waals surface area contributed by atoms with Gasteiger partial charge in [0.1, 0.15) is 13.2 Å². The largest absolute Gasteiger partial charge is 0.462 e. The Balaban J connectivity index is 4.24. The lowest BCUT2D eigenvalue weighted by Gasteiger charge is -2.18. The second kappa shape index (κ2) is 70.8. The van der Waals surface area contributed by atoms with Crippen molar-refractivity contribution in [2.24, 2.45) is 0 Å². The number of hydrogen-bond donors (Lipinski definition) is 0. The van der Waals surface area contributed by atoms with Crippen LogP contribution in [0.5, 0.6) is 0 Å². The molecule has 0 aromatic rings. The van der Waals surface area contributed by atoms with E-state index in [9.17, 15) is 14.4 Å². The van der Waals surface area contributed by atoms with Crippen molar-refractivity contribution in [3.05, 3.63) is 97.2 Å². The zero-order valence-corrected chi connectivity index (χ0v) is 54.9. The van der Waals surface area contributed by atoms with Gasteiger partial charge in [-0.1, -0.05) is 336 Å². The summed E-state index contributed by atoms with van der Waals surface area (Å²) in [6.07, 6.45) is 95.9. The molecule has 0 aliphatic carbocycles. The predicted molar refractivity (Wildman–Crippen MR) is 362 cm³/mol. The number of unbranched alkanes of at least 4 members (excludes halogenated alkanes) is 38. The van der Waals surface area contributed by atoms with Crippen LogP contribution in [0.4, 0.5) is 0 Å². The highest BCUT2D eigenvalue weighted by molar-refractivity contribution is 5.71. The molecule has 83 heavy (non-hydrogen) atoms. The van der Waals surface area contributed by atoms with E-state index in [2.05, 4.69) is 118 Å². The summed E-state index contributed by atoms with van der Waals surface area (Å²) in [7, 11) is 0. The Morgan fingerprint density at radius 1 is 0.253 bits per heavy atom. The lowest BCUT2D eigenvalue weighted by atomic mass is 10.0. The van der Waals surface area contributed by atoms with Crippen LogP contribution in [-0.2, 0) is 28.6 Å². The van der Waals surface area contributed by atoms with E-state index in [1.807, 2.05) is 0 Å². The fourth-order valence-corrected chi connectivity index (χ4v) is 10.2. The van der Waals surface area contributed by atoms with Crippen LogP contribution in [0, 0.1) is 0 Å². The first-order valence-electron chi connectivity index (χ1n) is 35.7. The van der Waals surface area contributed by atoms with Crippen molar-refractivity contribution in [1.82, 2.24) is 0 Å². The molecule has 6 nitrogen and oxygen atoms in total. The Hall–Kier alpha value is -3.67. The standard InChI is InChI=1S/C77H134O6/c1-4-7-10-13-16-19-22-24-26-28-30-32-34-36-37-38-39-41-42-44-46-48-50-52-55-58-61-64-67-70-76(79)82-73-74(72-81-75(78)69-66-63-60-57-54-21-18-15-12-9-6-3)83-77(80)71-68-65-62-59-56-53-51-49-47-45-43-40-35-33-31-29-27-25-23-20-17-14-11-8-5-2/h7,10,15-16,18-19,24,26,30,32,36-37,39,41,44,46,74H,4-6,8-9,11-14,17,20-23,25,27-29,31,33-35,38,40,42-43,45,47-73H2,1-3H3/b10-7-,18-15-,19-16-,26-24-,32-30-,37-36-,41-39-,46-44-. The summed E-state index contributed by atoms with van der Waals surface area (Å²) in [5.41, 5.74) is 0. The maximum atomic E-state index is 12.9. The van der Waals surface area contributed by atoms with Crippen molar-refractivity contribution in [2.45, 2.75) is 361 Å². The smallest absolute Gasteiger partial charge is 0.306 e. The number of ether oxygens (including phenoxy) is 3. The maximum absolute atomic E-state index is 12.9. The number of carbonyl (C=O) groups excluding carboxylic acids is 3. The minimum Gasteiger partial charge on any atom is -0.462 e. The number of allylic oxidation sites excluding steroid dienone is 16. The molecule has 0 heterocycles. The van der Waals surface area contributed by atoms with Crippen LogP contribution in [0.3, 0.4) is 0 Å². The van der Waals surface area contributed by atoms with E-state index >= 15 is 0 Å². The molecule has 0 aliphatic rings. The lowest BCUT2D eigenvalue weighted by Crippen LogP contribution is -2.30. The van der Waals surface area contributed by atoms with Gasteiger partial charge >= 0.3 is 17.9 Å². The van der Waals surface area contributed by atoms with Gasteiger partial charge in [0, 0.05) is 19.3 Å². The van der Waals surface area contributed by atoms with E-state index in [1.165, 1.54) is 199 Å². The summed E-state index contributed by atoms with van der Waals surface area (Å²) in [6.45, 7) is 6.52. The molecule has 0 fully saturated rings. The molecular weight excluding hydrogens is 1020 g/mol. The average Bonchev–Trinajstić information content (AvgIpc) is 3.48. The summed E-state index contributed by atoms with van der Waals surface area (Å²) < 4.78 is 17.0. The van der Waals surface area contributed by atoms with Crippen molar-refractivity contribution in [2.75, 3.05) is 13.2 Å². The van der Waals surface area contributed by atoms with Crippen molar-refractivity contribution < 1.29 is 28.6 Å². The molecule has 0 saturated carbocycles. The van der Waals surface area contributed by atoms with Gasteiger partial charge in [0.15, 0.2) is 6.10 Å². The second-order valence-corrected chi connectivity index (χ2v) is 23.8. The second-order valence-electron chi connectivity index (χ2n) is 23.8. The third-order valence-electron chi connectivity index (χ3n) is 15.6. The van der Waals surface area contributed by atoms with Crippen LogP contribution >= 0.6 is 0 Å². The highest BCUT2D eigenvalue weighted by Gasteiger charge is 2.19. The molecule has 1 unspecified atom stereocenters. The van der Waals surface area contributed by atoms with Gasteiger partial charge in [-0.3, -0.25) is 14.4 Å². The van der Waals surface area contributed by atoms with Crippen molar-refractivity contribution >= 4 is 17.9 Å². The van der Waals surface area contributed by atoms with Crippen LogP contribution in [0.1, 0.15) is 355 Å². The van der Waals surface area contributed by atoms with Gasteiger partial charge in [-0.15, -0.1) is 0 Å². The fraction of sp³-hybridized carbons (Fsp3) is 0.753. The molecule has 0 saturated heterocycles. The minimum atomic E-state index is -0.786. The summed E-state index contributed by atoms with van der Waals surface area (Å²) in [5.74, 6) is -0.886. The number of rotatable bonds is 65. The summed E-state index contributed by atoms with van der Waals surface area (Å²) >= 11 is 0.